The molecule has 0 aromatic carbocycles. The minimum absolute atomic E-state index is 0.102. The molecule has 1 N–H and O–H groups in total. The number of hydrogen-bond donors (Lipinski definition) is 1. The zero-order valence-corrected chi connectivity index (χ0v) is 13.4. The van der Waals surface area contributed by atoms with Gasteiger partial charge in [0.05, 0.1) is 6.10 Å². The van der Waals surface area contributed by atoms with Gasteiger partial charge in [-0.1, -0.05) is 20.8 Å². The number of aliphatic hydroxyl groups excluding tert-OH is 1. The largest absolute Gasteiger partial charge is 0.391 e. The first-order chi connectivity index (χ1) is 9.38. The van der Waals surface area contributed by atoms with E-state index in [0.717, 1.165) is 19.4 Å². The predicted molar refractivity (Wildman–Crippen MR) is 82.8 cm³/mol. The van der Waals surface area contributed by atoms with Gasteiger partial charge in [0.15, 0.2) is 0 Å². The van der Waals surface area contributed by atoms with E-state index in [1.807, 2.05) is 10.3 Å². The van der Waals surface area contributed by atoms with Crippen molar-refractivity contribution in [2.75, 3.05) is 13.1 Å². The lowest BCUT2D eigenvalue weighted by molar-refractivity contribution is -0.137. The summed E-state index contributed by atoms with van der Waals surface area (Å²) < 4.78 is 0. The van der Waals surface area contributed by atoms with Crippen LogP contribution in [0.25, 0.3) is 0 Å². The van der Waals surface area contributed by atoms with E-state index in [1.54, 1.807) is 11.3 Å². The molecule has 2 unspecified atom stereocenters. The lowest BCUT2D eigenvalue weighted by Gasteiger charge is -2.42. The molecule has 0 spiro atoms. The molecule has 1 saturated heterocycles. The first kappa shape index (κ1) is 15.5. The quantitative estimate of drug-likeness (QED) is 0.931. The van der Waals surface area contributed by atoms with Crippen LogP contribution < -0.4 is 0 Å². The highest BCUT2D eigenvalue weighted by molar-refractivity contribution is 7.07. The van der Waals surface area contributed by atoms with Gasteiger partial charge in [-0.25, -0.2) is 0 Å². The average molecular weight is 295 g/mol. The Morgan fingerprint density at radius 2 is 2.25 bits per heavy atom. The van der Waals surface area contributed by atoms with E-state index < -0.39 is 6.10 Å². The maximum atomic E-state index is 12.2. The molecule has 2 atom stereocenters. The fraction of sp³-hybridized carbons (Fsp3) is 0.688. The Kier molecular flexibility index (Phi) is 4.86. The van der Waals surface area contributed by atoms with Crippen LogP contribution in [0.1, 0.15) is 39.2 Å². The molecule has 0 bridgehead atoms. The molecule has 1 amide bonds. The van der Waals surface area contributed by atoms with E-state index in [9.17, 15) is 9.90 Å². The first-order valence-corrected chi connectivity index (χ1v) is 8.29. The van der Waals surface area contributed by atoms with E-state index in [1.165, 1.54) is 5.56 Å². The van der Waals surface area contributed by atoms with Crippen molar-refractivity contribution in [3.05, 3.63) is 22.4 Å². The summed E-state index contributed by atoms with van der Waals surface area (Å²) in [7, 11) is 0. The summed E-state index contributed by atoms with van der Waals surface area (Å²) in [4.78, 5) is 14.0. The fourth-order valence-electron chi connectivity index (χ4n) is 3.01. The van der Waals surface area contributed by atoms with Gasteiger partial charge >= 0.3 is 0 Å². The summed E-state index contributed by atoms with van der Waals surface area (Å²) in [5.74, 6) is 0.450. The molecule has 1 aliphatic rings. The number of amides is 1. The van der Waals surface area contributed by atoms with Crippen LogP contribution in [0.4, 0.5) is 0 Å². The number of aliphatic hydroxyl groups is 1. The molecule has 3 nitrogen and oxygen atoms in total. The second-order valence-corrected chi connectivity index (χ2v) is 7.58. The van der Waals surface area contributed by atoms with Crippen molar-refractivity contribution < 1.29 is 9.90 Å². The zero-order valence-electron chi connectivity index (χ0n) is 12.6. The molecule has 20 heavy (non-hydrogen) atoms. The van der Waals surface area contributed by atoms with Crippen LogP contribution in [0, 0.1) is 11.3 Å². The summed E-state index contributed by atoms with van der Waals surface area (Å²) in [5.41, 5.74) is 1.33. The van der Waals surface area contributed by atoms with Gasteiger partial charge < -0.3 is 10.0 Å². The molecule has 0 radical (unpaired) electrons. The van der Waals surface area contributed by atoms with E-state index in [0.29, 0.717) is 13.0 Å². The lowest BCUT2D eigenvalue weighted by atomic mass is 9.73. The molecule has 1 aromatic heterocycles. The number of carbonyl (C=O) groups is 1. The molecular formula is C16H25NO2S. The zero-order chi connectivity index (χ0) is 14.8. The molecule has 2 heterocycles. The molecule has 4 heteroatoms. The van der Waals surface area contributed by atoms with Crippen LogP contribution in [0.2, 0.25) is 0 Å². The maximum Gasteiger partial charge on any atom is 0.222 e. The van der Waals surface area contributed by atoms with E-state index >= 15 is 0 Å². The maximum absolute atomic E-state index is 12.2. The van der Waals surface area contributed by atoms with Crippen LogP contribution in [-0.2, 0) is 11.2 Å². The molecular weight excluding hydrogens is 270 g/mol. The highest BCUT2D eigenvalue weighted by atomic mass is 32.1. The van der Waals surface area contributed by atoms with Crippen LogP contribution in [-0.4, -0.2) is 35.1 Å². The van der Waals surface area contributed by atoms with Crippen molar-refractivity contribution in [1.82, 2.24) is 4.90 Å². The van der Waals surface area contributed by atoms with Crippen molar-refractivity contribution >= 4 is 17.2 Å². The molecule has 1 aliphatic heterocycles. The van der Waals surface area contributed by atoms with Gasteiger partial charge in [0, 0.05) is 19.5 Å². The van der Waals surface area contributed by atoms with E-state index in [4.69, 9.17) is 0 Å². The van der Waals surface area contributed by atoms with Gasteiger partial charge in [-0.2, -0.15) is 11.3 Å². The fourth-order valence-corrected chi connectivity index (χ4v) is 3.72. The predicted octanol–water partition coefficient (Wildman–Crippen LogP) is 2.94. The Morgan fingerprint density at radius 1 is 1.50 bits per heavy atom. The summed E-state index contributed by atoms with van der Waals surface area (Å²) >= 11 is 1.67. The Labute approximate surface area is 125 Å². The lowest BCUT2D eigenvalue weighted by Crippen LogP contribution is -2.50. The topological polar surface area (TPSA) is 40.5 Å². The van der Waals surface area contributed by atoms with Crippen molar-refractivity contribution in [2.45, 2.75) is 46.1 Å². The van der Waals surface area contributed by atoms with Crippen molar-refractivity contribution in [3.8, 4) is 0 Å². The van der Waals surface area contributed by atoms with Crippen molar-refractivity contribution in [2.24, 2.45) is 11.3 Å². The highest BCUT2D eigenvalue weighted by Crippen LogP contribution is 2.34. The minimum atomic E-state index is -0.395. The second kappa shape index (κ2) is 6.27. The smallest absolute Gasteiger partial charge is 0.222 e. The summed E-state index contributed by atoms with van der Waals surface area (Å²) in [6, 6.07) is 2.07. The van der Waals surface area contributed by atoms with Crippen LogP contribution in [0.15, 0.2) is 16.8 Å². The third-order valence-electron chi connectivity index (χ3n) is 4.25. The number of β-amino-alcohol motifs (C(OH)–C–C–N with tert-alkyl or cyclic N) is 1. The van der Waals surface area contributed by atoms with Crippen molar-refractivity contribution in [1.29, 1.82) is 0 Å². The van der Waals surface area contributed by atoms with Gasteiger partial charge in [0.25, 0.3) is 0 Å². The molecule has 1 fully saturated rings. The number of rotatable bonds is 3. The molecule has 1 aromatic rings. The molecule has 112 valence electrons. The Morgan fingerprint density at radius 3 is 2.80 bits per heavy atom. The average Bonchev–Trinajstić information content (AvgIpc) is 2.87. The molecule has 0 aliphatic carbocycles. The Bertz CT molecular complexity index is 436. The minimum Gasteiger partial charge on any atom is -0.391 e. The SMILES string of the molecule is CC(C)(C)C1CCN(C(=O)CCc2ccsc2)CC1O. The van der Waals surface area contributed by atoms with E-state index in [-0.39, 0.29) is 17.2 Å². The monoisotopic (exact) mass is 295 g/mol. The standard InChI is InChI=1S/C16H25NO2S/c1-16(2,3)13-6-8-17(10-14(13)18)15(19)5-4-12-7-9-20-11-12/h7,9,11,13-14,18H,4-6,8,10H2,1-3H3. The summed E-state index contributed by atoms with van der Waals surface area (Å²) in [6.45, 7) is 7.75. The number of aryl methyl sites for hydroxylation is 1. The van der Waals surface area contributed by atoms with Gasteiger partial charge in [-0.05, 0) is 46.6 Å². The third kappa shape index (κ3) is 3.83. The van der Waals surface area contributed by atoms with Gasteiger partial charge in [0.1, 0.15) is 0 Å². The number of piperidine rings is 1. The summed E-state index contributed by atoms with van der Waals surface area (Å²) in [6.07, 6.45) is 1.85. The molecule has 2 rings (SSSR count). The number of nitrogens with zero attached hydrogens (tertiary/aromatic N) is 1. The van der Waals surface area contributed by atoms with Gasteiger partial charge in [0.2, 0.25) is 5.91 Å². The highest BCUT2D eigenvalue weighted by Gasteiger charge is 2.36. The normalized spacial score (nSPS) is 23.9. The van der Waals surface area contributed by atoms with E-state index in [2.05, 4.69) is 32.2 Å². The van der Waals surface area contributed by atoms with Gasteiger partial charge in [-0.15, -0.1) is 0 Å². The summed E-state index contributed by atoms with van der Waals surface area (Å²) in [5, 5.41) is 14.4. The third-order valence-corrected chi connectivity index (χ3v) is 4.99. The first-order valence-electron chi connectivity index (χ1n) is 7.35. The van der Waals surface area contributed by atoms with Crippen LogP contribution in [0.3, 0.4) is 0 Å². The van der Waals surface area contributed by atoms with Crippen molar-refractivity contribution in [3.63, 3.8) is 0 Å². The van der Waals surface area contributed by atoms with Crippen LogP contribution >= 0.6 is 11.3 Å². The molecule has 0 saturated carbocycles. The number of likely N-dealkylation sites (tertiary alicyclic amines) is 1. The Hall–Kier alpha value is -0.870. The second-order valence-electron chi connectivity index (χ2n) is 6.80. The number of thiophene rings is 1. The number of carbonyl (C=O) groups excluding carboxylic acids is 1. The number of hydrogen-bond acceptors (Lipinski definition) is 3. The van der Waals surface area contributed by atoms with Crippen LogP contribution in [0.5, 0.6) is 0 Å². The Balaban J connectivity index is 1.84. The van der Waals surface area contributed by atoms with Gasteiger partial charge in [-0.3, -0.25) is 4.79 Å².